The third kappa shape index (κ3) is 3.74. The number of Topliss-reactive ketones (excluding diaryl/α,β-unsaturated/α-hetero) is 1. The first-order valence-corrected chi connectivity index (χ1v) is 8.78. The first-order chi connectivity index (χ1) is 10.7. The smallest absolute Gasteiger partial charge is 0.222 e. The Morgan fingerprint density at radius 1 is 1.36 bits per heavy atom. The topological polar surface area (TPSA) is 49.9 Å². The number of carbonyl (C=O) groups excluding carboxylic acids is 2. The van der Waals surface area contributed by atoms with Crippen LogP contribution >= 0.6 is 11.3 Å². The van der Waals surface area contributed by atoms with Gasteiger partial charge in [0.15, 0.2) is 5.78 Å². The molecule has 2 saturated heterocycles. The monoisotopic (exact) mass is 322 g/mol. The van der Waals surface area contributed by atoms with E-state index in [1.54, 1.807) is 0 Å². The van der Waals surface area contributed by atoms with Crippen LogP contribution in [-0.2, 0) is 9.53 Å². The van der Waals surface area contributed by atoms with Gasteiger partial charge >= 0.3 is 0 Å². The Balaban J connectivity index is 1.54. The molecule has 22 heavy (non-hydrogen) atoms. The van der Waals surface area contributed by atoms with Crippen molar-refractivity contribution in [2.45, 2.75) is 25.3 Å². The Hall–Kier alpha value is -1.24. The van der Waals surface area contributed by atoms with Crippen molar-refractivity contribution < 1.29 is 14.3 Å². The van der Waals surface area contributed by atoms with E-state index in [4.69, 9.17) is 4.74 Å². The molecule has 5 nitrogen and oxygen atoms in total. The van der Waals surface area contributed by atoms with Crippen LogP contribution in [0.1, 0.15) is 28.9 Å². The van der Waals surface area contributed by atoms with Crippen LogP contribution in [0.15, 0.2) is 17.5 Å². The normalized spacial score (nSPS) is 23.2. The second-order valence-electron chi connectivity index (χ2n) is 5.85. The second-order valence-corrected chi connectivity index (χ2v) is 6.80. The van der Waals surface area contributed by atoms with E-state index in [-0.39, 0.29) is 17.7 Å². The lowest BCUT2D eigenvalue weighted by Gasteiger charge is -2.36. The van der Waals surface area contributed by atoms with E-state index in [1.807, 2.05) is 22.4 Å². The molecular formula is C16H22N2O3S. The Labute approximate surface area is 134 Å². The van der Waals surface area contributed by atoms with Crippen LogP contribution < -0.4 is 0 Å². The Kier molecular flexibility index (Phi) is 5.23. The van der Waals surface area contributed by atoms with Crippen molar-refractivity contribution in [3.63, 3.8) is 0 Å². The highest BCUT2D eigenvalue weighted by Crippen LogP contribution is 2.18. The van der Waals surface area contributed by atoms with Gasteiger partial charge in [0.25, 0.3) is 0 Å². The van der Waals surface area contributed by atoms with Gasteiger partial charge in [0.05, 0.1) is 18.1 Å². The van der Waals surface area contributed by atoms with Gasteiger partial charge < -0.3 is 9.64 Å². The number of morpholine rings is 1. The van der Waals surface area contributed by atoms with E-state index in [0.717, 1.165) is 37.5 Å². The molecule has 120 valence electrons. The van der Waals surface area contributed by atoms with Crippen LogP contribution in [-0.4, -0.2) is 66.9 Å². The number of hydrogen-bond donors (Lipinski definition) is 0. The van der Waals surface area contributed by atoms with E-state index in [9.17, 15) is 9.59 Å². The molecule has 0 bridgehead atoms. The van der Waals surface area contributed by atoms with Gasteiger partial charge in [-0.3, -0.25) is 14.5 Å². The van der Waals surface area contributed by atoms with Crippen LogP contribution in [0.3, 0.4) is 0 Å². The van der Waals surface area contributed by atoms with Gasteiger partial charge in [-0.05, 0) is 17.9 Å². The van der Waals surface area contributed by atoms with Crippen molar-refractivity contribution >= 4 is 23.0 Å². The van der Waals surface area contributed by atoms with E-state index in [2.05, 4.69) is 4.90 Å². The van der Waals surface area contributed by atoms with Crippen LogP contribution in [0.5, 0.6) is 0 Å². The minimum absolute atomic E-state index is 0.126. The number of rotatable bonds is 6. The van der Waals surface area contributed by atoms with Crippen LogP contribution in [0.25, 0.3) is 0 Å². The molecule has 1 unspecified atom stereocenters. The van der Waals surface area contributed by atoms with Crippen LogP contribution in [0.2, 0.25) is 0 Å². The molecule has 3 heterocycles. The molecule has 2 aliphatic rings. The number of carbonyl (C=O) groups is 2. The number of likely N-dealkylation sites (tertiary alicyclic amines) is 1. The minimum Gasteiger partial charge on any atom is -0.378 e. The summed E-state index contributed by atoms with van der Waals surface area (Å²) in [7, 11) is 0. The van der Waals surface area contributed by atoms with E-state index < -0.39 is 0 Å². The molecule has 1 aromatic rings. The molecule has 0 N–H and O–H groups in total. The number of amides is 1. The molecular weight excluding hydrogens is 300 g/mol. The lowest BCUT2D eigenvalue weighted by Crippen LogP contribution is -2.49. The zero-order valence-corrected chi connectivity index (χ0v) is 13.5. The Morgan fingerprint density at radius 2 is 2.27 bits per heavy atom. The van der Waals surface area contributed by atoms with Crippen LogP contribution in [0, 0.1) is 0 Å². The zero-order chi connectivity index (χ0) is 15.4. The third-order valence-electron chi connectivity index (χ3n) is 4.40. The lowest BCUT2D eigenvalue weighted by atomic mass is 10.1. The molecule has 0 radical (unpaired) electrons. The first kappa shape index (κ1) is 15.6. The average Bonchev–Trinajstić information content (AvgIpc) is 3.18. The maximum atomic E-state index is 12.3. The molecule has 2 fully saturated rings. The number of hydrogen-bond acceptors (Lipinski definition) is 5. The van der Waals surface area contributed by atoms with Gasteiger partial charge in [-0.15, -0.1) is 11.3 Å². The maximum Gasteiger partial charge on any atom is 0.222 e. The highest BCUT2D eigenvalue weighted by molar-refractivity contribution is 7.12. The molecule has 3 rings (SSSR count). The number of ether oxygens (including phenoxy) is 1. The van der Waals surface area contributed by atoms with Gasteiger partial charge in [-0.2, -0.15) is 0 Å². The molecule has 1 amide bonds. The predicted molar refractivity (Wildman–Crippen MR) is 85.3 cm³/mol. The number of nitrogens with zero attached hydrogens (tertiary/aromatic N) is 2. The van der Waals surface area contributed by atoms with Crippen molar-refractivity contribution in [2.24, 2.45) is 0 Å². The maximum absolute atomic E-state index is 12.3. The Bertz CT molecular complexity index is 517. The minimum atomic E-state index is 0.126. The lowest BCUT2D eigenvalue weighted by molar-refractivity contribution is -0.128. The van der Waals surface area contributed by atoms with Crippen molar-refractivity contribution in [2.75, 3.05) is 39.4 Å². The summed E-state index contributed by atoms with van der Waals surface area (Å²) < 4.78 is 5.55. The summed E-state index contributed by atoms with van der Waals surface area (Å²) in [6, 6.07) is 3.91. The fourth-order valence-electron chi connectivity index (χ4n) is 3.11. The van der Waals surface area contributed by atoms with E-state index in [0.29, 0.717) is 26.1 Å². The summed E-state index contributed by atoms with van der Waals surface area (Å²) in [6.07, 6.45) is 2.15. The summed E-state index contributed by atoms with van der Waals surface area (Å²) in [5.41, 5.74) is 0. The summed E-state index contributed by atoms with van der Waals surface area (Å²) in [5, 5.41) is 1.93. The molecule has 1 aromatic heterocycles. The van der Waals surface area contributed by atoms with Crippen molar-refractivity contribution in [1.82, 2.24) is 9.80 Å². The van der Waals surface area contributed by atoms with E-state index in [1.165, 1.54) is 11.3 Å². The van der Waals surface area contributed by atoms with Gasteiger partial charge in [0, 0.05) is 45.1 Å². The highest BCUT2D eigenvalue weighted by atomic mass is 32.1. The van der Waals surface area contributed by atoms with Gasteiger partial charge in [0.2, 0.25) is 5.91 Å². The fourth-order valence-corrected chi connectivity index (χ4v) is 3.79. The van der Waals surface area contributed by atoms with Gasteiger partial charge in [-0.25, -0.2) is 0 Å². The largest absolute Gasteiger partial charge is 0.378 e. The van der Waals surface area contributed by atoms with Crippen LogP contribution in [0.4, 0.5) is 0 Å². The molecule has 0 saturated carbocycles. The number of thiophene rings is 1. The van der Waals surface area contributed by atoms with Gasteiger partial charge in [0.1, 0.15) is 0 Å². The quantitative estimate of drug-likeness (QED) is 0.747. The fraction of sp³-hybridized carbons (Fsp3) is 0.625. The summed E-state index contributed by atoms with van der Waals surface area (Å²) in [6.45, 7) is 4.62. The predicted octanol–water partition coefficient (Wildman–Crippen LogP) is 1.64. The summed E-state index contributed by atoms with van der Waals surface area (Å²) in [4.78, 5) is 29.1. The molecule has 0 aliphatic carbocycles. The molecule has 1 atom stereocenters. The first-order valence-electron chi connectivity index (χ1n) is 7.90. The molecule has 0 spiro atoms. The van der Waals surface area contributed by atoms with Crippen molar-refractivity contribution in [3.05, 3.63) is 22.4 Å². The average molecular weight is 322 g/mol. The van der Waals surface area contributed by atoms with Crippen molar-refractivity contribution in [1.29, 1.82) is 0 Å². The molecule has 2 aliphatic heterocycles. The van der Waals surface area contributed by atoms with Crippen molar-refractivity contribution in [3.8, 4) is 0 Å². The summed E-state index contributed by atoms with van der Waals surface area (Å²) >= 11 is 1.49. The summed E-state index contributed by atoms with van der Waals surface area (Å²) in [5.74, 6) is 0.451. The SMILES string of the molecule is O=C(CC1COCCN1CCN1CCCC1=O)c1cccs1. The third-order valence-corrected chi connectivity index (χ3v) is 5.31. The van der Waals surface area contributed by atoms with Gasteiger partial charge in [-0.1, -0.05) is 6.07 Å². The standard InChI is InChI=1S/C16H22N2O3S/c19-14(15-3-2-10-22-15)11-13-12-21-9-8-17(13)6-7-18-5-1-4-16(18)20/h2-3,10,13H,1,4-9,11-12H2. The zero-order valence-electron chi connectivity index (χ0n) is 12.7. The Morgan fingerprint density at radius 3 is 3.00 bits per heavy atom. The second kappa shape index (κ2) is 7.35. The molecule has 0 aromatic carbocycles. The highest BCUT2D eigenvalue weighted by Gasteiger charge is 2.27. The number of ketones is 1. The van der Waals surface area contributed by atoms with E-state index >= 15 is 0 Å². The molecule has 6 heteroatoms.